The summed E-state index contributed by atoms with van der Waals surface area (Å²) < 4.78 is 75.6. The molecule has 3 rings (SSSR count). The monoisotopic (exact) mass is 479 g/mol. The van der Waals surface area contributed by atoms with Crippen LogP contribution < -0.4 is 0 Å². The van der Waals surface area contributed by atoms with Gasteiger partial charge in [-0.15, -0.1) is 0 Å². The molecule has 1 aliphatic carbocycles. The fourth-order valence-electron chi connectivity index (χ4n) is 4.74. The first-order valence-corrected chi connectivity index (χ1v) is 11.9. The molecule has 0 N–H and O–H groups in total. The number of rotatable bonds is 10. The van der Waals surface area contributed by atoms with Crippen molar-refractivity contribution in [3.63, 3.8) is 0 Å². The molecular weight excluding hydrogens is 449 g/mol. The third kappa shape index (κ3) is 6.56. The molecule has 184 valence electrons. The largest absolute Gasteiger partial charge is 0.386 e. The summed E-state index contributed by atoms with van der Waals surface area (Å²) in [5, 5.41) is 8.69. The van der Waals surface area contributed by atoms with Crippen molar-refractivity contribution in [3.8, 4) is 6.07 Å². The lowest BCUT2D eigenvalue weighted by Gasteiger charge is -2.29. The molecule has 0 radical (unpaired) electrons. The minimum atomic E-state index is -3.89. The number of unbranched alkanes of at least 4 members (excludes halogenated alkanes) is 2. The quantitative estimate of drug-likeness (QED) is 0.255. The van der Waals surface area contributed by atoms with Crippen LogP contribution >= 0.6 is 0 Å². The Bertz CT molecular complexity index is 986. The summed E-state index contributed by atoms with van der Waals surface area (Å²) in [6, 6.07) is 6.99. The van der Waals surface area contributed by atoms with E-state index >= 15 is 0 Å². The molecule has 34 heavy (non-hydrogen) atoms. The molecule has 1 fully saturated rings. The summed E-state index contributed by atoms with van der Waals surface area (Å²) in [5.74, 6) is -2.30. The highest BCUT2D eigenvalue weighted by molar-refractivity contribution is 5.35. The van der Waals surface area contributed by atoms with Crippen LogP contribution in [0, 0.1) is 34.7 Å². The van der Waals surface area contributed by atoms with Crippen LogP contribution in [-0.2, 0) is 17.3 Å². The van der Waals surface area contributed by atoms with Crippen molar-refractivity contribution < 1.29 is 26.7 Å². The first-order chi connectivity index (χ1) is 16.2. The van der Waals surface area contributed by atoms with Gasteiger partial charge in [-0.05, 0) is 79.3 Å². The van der Waals surface area contributed by atoms with Crippen LogP contribution in [0.1, 0.15) is 86.5 Å². The Kier molecular flexibility index (Phi) is 9.07. The predicted molar refractivity (Wildman–Crippen MR) is 120 cm³/mol. The molecule has 1 saturated carbocycles. The SMILES string of the molecule is CCCCC[C@H]1CC[C@H](c2ccc(C(F)(F)OCCc3cc(F)c(C#N)c(F)c3)c(F)c2)CC1. The molecule has 2 aromatic carbocycles. The van der Waals surface area contributed by atoms with Crippen LogP contribution in [0.3, 0.4) is 0 Å². The highest BCUT2D eigenvalue weighted by Crippen LogP contribution is 2.39. The van der Waals surface area contributed by atoms with Gasteiger partial charge in [0.25, 0.3) is 0 Å². The Morgan fingerprint density at radius 2 is 1.65 bits per heavy atom. The number of benzene rings is 2. The molecule has 0 amide bonds. The zero-order valence-electron chi connectivity index (χ0n) is 19.4. The number of hydrogen-bond acceptors (Lipinski definition) is 2. The zero-order valence-corrected chi connectivity index (χ0v) is 19.4. The number of hydrogen-bond donors (Lipinski definition) is 0. The smallest absolute Gasteiger partial charge is 0.316 e. The second-order valence-corrected chi connectivity index (χ2v) is 9.11. The van der Waals surface area contributed by atoms with E-state index in [0.29, 0.717) is 5.92 Å². The van der Waals surface area contributed by atoms with Crippen molar-refractivity contribution in [1.29, 1.82) is 5.26 Å². The molecule has 7 heteroatoms. The Labute approximate surface area is 197 Å². The van der Waals surface area contributed by atoms with Crippen LogP contribution in [0.25, 0.3) is 0 Å². The summed E-state index contributed by atoms with van der Waals surface area (Å²) in [7, 11) is 0. The second kappa shape index (κ2) is 11.8. The van der Waals surface area contributed by atoms with E-state index in [4.69, 9.17) is 5.26 Å². The van der Waals surface area contributed by atoms with Gasteiger partial charge in [0.1, 0.15) is 29.1 Å². The van der Waals surface area contributed by atoms with Gasteiger partial charge < -0.3 is 4.74 Å². The number of alkyl halides is 2. The Balaban J connectivity index is 1.57. The van der Waals surface area contributed by atoms with E-state index in [9.17, 15) is 22.0 Å². The van der Waals surface area contributed by atoms with E-state index in [1.165, 1.54) is 37.8 Å². The minimum Gasteiger partial charge on any atom is -0.316 e. The number of halogens is 5. The summed E-state index contributed by atoms with van der Waals surface area (Å²) in [6.45, 7) is 1.60. The Morgan fingerprint density at radius 1 is 0.971 bits per heavy atom. The van der Waals surface area contributed by atoms with Crippen molar-refractivity contribution in [2.45, 2.75) is 76.7 Å². The maximum Gasteiger partial charge on any atom is 0.386 e. The first kappa shape index (κ1) is 26.2. The van der Waals surface area contributed by atoms with E-state index in [0.717, 1.165) is 49.4 Å². The lowest BCUT2D eigenvalue weighted by molar-refractivity contribution is -0.249. The van der Waals surface area contributed by atoms with E-state index in [1.54, 1.807) is 6.07 Å². The summed E-state index contributed by atoms with van der Waals surface area (Å²) >= 11 is 0. The Morgan fingerprint density at radius 3 is 2.24 bits per heavy atom. The molecule has 2 nitrogen and oxygen atoms in total. The zero-order chi connectivity index (χ0) is 24.7. The number of nitrogens with zero attached hydrogens (tertiary/aromatic N) is 1. The van der Waals surface area contributed by atoms with Gasteiger partial charge >= 0.3 is 6.11 Å². The van der Waals surface area contributed by atoms with Crippen molar-refractivity contribution in [3.05, 3.63) is 70.0 Å². The van der Waals surface area contributed by atoms with Gasteiger partial charge in [0.15, 0.2) is 0 Å². The van der Waals surface area contributed by atoms with Crippen LogP contribution in [0.5, 0.6) is 0 Å². The third-order valence-corrected chi connectivity index (χ3v) is 6.73. The highest BCUT2D eigenvalue weighted by atomic mass is 19.3. The number of ether oxygens (including phenoxy) is 1. The first-order valence-electron chi connectivity index (χ1n) is 11.9. The van der Waals surface area contributed by atoms with E-state index in [1.807, 2.05) is 0 Å². The van der Waals surface area contributed by atoms with Crippen molar-refractivity contribution in [1.82, 2.24) is 0 Å². The second-order valence-electron chi connectivity index (χ2n) is 9.11. The molecule has 0 heterocycles. The molecule has 0 spiro atoms. The summed E-state index contributed by atoms with van der Waals surface area (Å²) in [5.41, 5.74) is -0.803. The van der Waals surface area contributed by atoms with Crippen molar-refractivity contribution in [2.24, 2.45) is 5.92 Å². The van der Waals surface area contributed by atoms with Crippen LogP contribution in [0.2, 0.25) is 0 Å². The molecule has 0 atom stereocenters. The van der Waals surface area contributed by atoms with Gasteiger partial charge in [0.2, 0.25) is 0 Å². The standard InChI is InChI=1S/C27H30F5NO/c1-2-3-4-5-18-6-8-20(9-7-18)21-10-11-23(26(30)16-21)27(31,32)34-13-12-19-14-24(28)22(17-33)25(29)15-19/h10-11,14-16,18,20H,2-9,12-13H2,1H3/t18-,20-. The fourth-order valence-corrected chi connectivity index (χ4v) is 4.74. The number of nitriles is 1. The van der Waals surface area contributed by atoms with Gasteiger partial charge in [-0.1, -0.05) is 38.7 Å². The van der Waals surface area contributed by atoms with Gasteiger partial charge in [-0.3, -0.25) is 0 Å². The van der Waals surface area contributed by atoms with Gasteiger partial charge in [0, 0.05) is 0 Å². The predicted octanol–water partition coefficient (Wildman–Crippen LogP) is 8.14. The normalized spacial score (nSPS) is 18.6. The molecule has 0 bridgehead atoms. The van der Waals surface area contributed by atoms with E-state index in [2.05, 4.69) is 11.7 Å². The van der Waals surface area contributed by atoms with Crippen LogP contribution in [-0.4, -0.2) is 6.61 Å². The summed E-state index contributed by atoms with van der Waals surface area (Å²) in [6.07, 6.45) is 4.80. The van der Waals surface area contributed by atoms with Crippen molar-refractivity contribution >= 4 is 0 Å². The van der Waals surface area contributed by atoms with Crippen molar-refractivity contribution in [2.75, 3.05) is 6.61 Å². The molecule has 0 unspecified atom stereocenters. The van der Waals surface area contributed by atoms with Gasteiger partial charge in [0.05, 0.1) is 12.2 Å². The molecule has 0 saturated heterocycles. The molecule has 0 aromatic heterocycles. The minimum absolute atomic E-state index is 0.0610. The van der Waals surface area contributed by atoms with Crippen LogP contribution in [0.4, 0.5) is 22.0 Å². The lowest BCUT2D eigenvalue weighted by Crippen LogP contribution is -2.22. The van der Waals surface area contributed by atoms with E-state index < -0.39 is 41.3 Å². The average Bonchev–Trinajstić information content (AvgIpc) is 2.79. The topological polar surface area (TPSA) is 33.0 Å². The van der Waals surface area contributed by atoms with Gasteiger partial charge in [-0.25, -0.2) is 13.2 Å². The third-order valence-electron chi connectivity index (χ3n) is 6.73. The maximum absolute atomic E-state index is 14.6. The average molecular weight is 480 g/mol. The van der Waals surface area contributed by atoms with Gasteiger partial charge in [-0.2, -0.15) is 14.0 Å². The lowest BCUT2D eigenvalue weighted by atomic mass is 9.77. The van der Waals surface area contributed by atoms with Crippen LogP contribution in [0.15, 0.2) is 30.3 Å². The highest BCUT2D eigenvalue weighted by Gasteiger charge is 2.36. The fraction of sp³-hybridized carbons (Fsp3) is 0.519. The summed E-state index contributed by atoms with van der Waals surface area (Å²) in [4.78, 5) is 0. The molecule has 0 aliphatic heterocycles. The molecular formula is C27H30F5NO. The van der Waals surface area contributed by atoms with E-state index in [-0.39, 0.29) is 17.9 Å². The molecule has 1 aliphatic rings. The maximum atomic E-state index is 14.6. The Hall–Kier alpha value is -2.46. The molecule has 2 aromatic rings.